The zero-order chi connectivity index (χ0) is 13.8. The molecule has 0 heterocycles. The molecule has 0 aliphatic carbocycles. The maximum absolute atomic E-state index is 13.5. The minimum absolute atomic E-state index is 0.150. The smallest absolute Gasteiger partial charge is 0.127 e. The molecule has 0 saturated carbocycles. The van der Waals surface area contributed by atoms with Crippen LogP contribution in [-0.2, 0) is 6.54 Å². The van der Waals surface area contributed by atoms with E-state index < -0.39 is 0 Å². The normalized spacial score (nSPS) is 12.4. The van der Waals surface area contributed by atoms with Gasteiger partial charge >= 0.3 is 0 Å². The summed E-state index contributed by atoms with van der Waals surface area (Å²) < 4.78 is 13.5. The molecule has 0 radical (unpaired) electrons. The fraction of sp³-hybridized carbons (Fsp3) is 0.294. The third kappa shape index (κ3) is 3.42. The molecule has 1 atom stereocenters. The van der Waals surface area contributed by atoms with Gasteiger partial charge < -0.3 is 5.32 Å². The van der Waals surface area contributed by atoms with Crippen LogP contribution in [0.1, 0.15) is 35.2 Å². The van der Waals surface area contributed by atoms with Gasteiger partial charge in [0.05, 0.1) is 0 Å². The number of benzene rings is 2. The van der Waals surface area contributed by atoms with E-state index >= 15 is 0 Å². The molecule has 0 aromatic heterocycles. The van der Waals surface area contributed by atoms with Gasteiger partial charge in [-0.1, -0.05) is 42.0 Å². The van der Waals surface area contributed by atoms with Crippen LogP contribution in [0.15, 0.2) is 42.5 Å². The summed E-state index contributed by atoms with van der Waals surface area (Å²) in [4.78, 5) is 0. The van der Waals surface area contributed by atoms with Crippen molar-refractivity contribution < 1.29 is 4.39 Å². The largest absolute Gasteiger partial charge is 0.306 e. The minimum atomic E-state index is -0.150. The van der Waals surface area contributed by atoms with E-state index in [0.29, 0.717) is 12.1 Å². The quantitative estimate of drug-likeness (QED) is 0.861. The second kappa shape index (κ2) is 5.98. The lowest BCUT2D eigenvalue weighted by Gasteiger charge is -2.17. The first-order valence-electron chi connectivity index (χ1n) is 6.62. The van der Waals surface area contributed by atoms with Crippen molar-refractivity contribution in [3.63, 3.8) is 0 Å². The average Bonchev–Trinajstić information content (AvgIpc) is 2.37. The van der Waals surface area contributed by atoms with Gasteiger partial charge in [0.15, 0.2) is 0 Å². The van der Waals surface area contributed by atoms with Gasteiger partial charge in [0, 0.05) is 18.2 Å². The van der Waals surface area contributed by atoms with E-state index in [0.717, 1.165) is 0 Å². The molecule has 0 amide bonds. The van der Waals surface area contributed by atoms with Crippen LogP contribution in [0.3, 0.4) is 0 Å². The second-order valence-electron chi connectivity index (χ2n) is 5.05. The summed E-state index contributed by atoms with van der Waals surface area (Å²) in [5.74, 6) is -0.150. The van der Waals surface area contributed by atoms with Crippen molar-refractivity contribution in [3.05, 3.63) is 70.5 Å². The molecule has 2 aromatic rings. The zero-order valence-corrected chi connectivity index (χ0v) is 11.7. The summed E-state index contributed by atoms with van der Waals surface area (Å²) in [5.41, 5.74) is 4.51. The molecule has 0 aliphatic heterocycles. The van der Waals surface area contributed by atoms with Crippen LogP contribution in [0, 0.1) is 19.7 Å². The van der Waals surface area contributed by atoms with Gasteiger partial charge in [-0.2, -0.15) is 0 Å². The summed E-state index contributed by atoms with van der Waals surface area (Å²) in [6.07, 6.45) is 0. The number of aryl methyl sites for hydroxylation is 2. The molecular formula is C17H20FN. The van der Waals surface area contributed by atoms with E-state index in [1.807, 2.05) is 12.1 Å². The molecule has 100 valence electrons. The van der Waals surface area contributed by atoms with Gasteiger partial charge in [-0.15, -0.1) is 0 Å². The Morgan fingerprint density at radius 2 is 1.84 bits per heavy atom. The highest BCUT2D eigenvalue weighted by atomic mass is 19.1. The van der Waals surface area contributed by atoms with Crippen molar-refractivity contribution in [2.45, 2.75) is 33.4 Å². The van der Waals surface area contributed by atoms with Crippen LogP contribution >= 0.6 is 0 Å². The van der Waals surface area contributed by atoms with E-state index in [4.69, 9.17) is 0 Å². The third-order valence-electron chi connectivity index (χ3n) is 3.45. The molecule has 0 bridgehead atoms. The molecule has 0 aliphatic rings. The van der Waals surface area contributed by atoms with Gasteiger partial charge in [0.2, 0.25) is 0 Å². The SMILES string of the molecule is Cc1ccc(C(C)NCc2ccccc2F)c(C)c1. The molecule has 2 heteroatoms. The molecule has 2 rings (SSSR count). The Morgan fingerprint density at radius 1 is 1.11 bits per heavy atom. The Hall–Kier alpha value is -1.67. The maximum Gasteiger partial charge on any atom is 0.127 e. The Bertz CT molecular complexity index is 563. The highest BCUT2D eigenvalue weighted by Gasteiger charge is 2.09. The molecule has 1 nitrogen and oxygen atoms in total. The number of rotatable bonds is 4. The van der Waals surface area contributed by atoms with Crippen molar-refractivity contribution >= 4 is 0 Å². The molecule has 19 heavy (non-hydrogen) atoms. The zero-order valence-electron chi connectivity index (χ0n) is 11.7. The standard InChI is InChI=1S/C17H20FN/c1-12-8-9-16(13(2)10-12)14(3)19-11-15-6-4-5-7-17(15)18/h4-10,14,19H,11H2,1-3H3. The Kier molecular flexibility index (Phi) is 4.33. The van der Waals surface area contributed by atoms with Crippen molar-refractivity contribution in [2.75, 3.05) is 0 Å². The Labute approximate surface area is 114 Å². The summed E-state index contributed by atoms with van der Waals surface area (Å²) in [5, 5.41) is 3.38. The molecule has 0 fully saturated rings. The molecule has 1 N–H and O–H groups in total. The van der Waals surface area contributed by atoms with Gasteiger partial charge in [-0.3, -0.25) is 0 Å². The van der Waals surface area contributed by atoms with E-state index in [9.17, 15) is 4.39 Å². The summed E-state index contributed by atoms with van der Waals surface area (Å²) >= 11 is 0. The van der Waals surface area contributed by atoms with Crippen molar-refractivity contribution in [1.29, 1.82) is 0 Å². The molecular weight excluding hydrogens is 237 g/mol. The van der Waals surface area contributed by atoms with Crippen molar-refractivity contribution in [1.82, 2.24) is 5.32 Å². The first-order valence-corrected chi connectivity index (χ1v) is 6.62. The number of halogens is 1. The number of hydrogen-bond acceptors (Lipinski definition) is 1. The predicted molar refractivity (Wildman–Crippen MR) is 77.6 cm³/mol. The van der Waals surface area contributed by atoms with E-state index in [-0.39, 0.29) is 11.9 Å². The van der Waals surface area contributed by atoms with Gasteiger partial charge in [-0.25, -0.2) is 4.39 Å². The van der Waals surface area contributed by atoms with Crippen LogP contribution < -0.4 is 5.32 Å². The van der Waals surface area contributed by atoms with Crippen LogP contribution in [0.25, 0.3) is 0 Å². The van der Waals surface area contributed by atoms with Gasteiger partial charge in [0.25, 0.3) is 0 Å². The van der Waals surface area contributed by atoms with Gasteiger partial charge in [-0.05, 0) is 38.0 Å². The highest BCUT2D eigenvalue weighted by molar-refractivity contribution is 5.32. The van der Waals surface area contributed by atoms with Crippen LogP contribution in [0.4, 0.5) is 4.39 Å². The maximum atomic E-state index is 13.5. The lowest BCUT2D eigenvalue weighted by molar-refractivity contribution is 0.543. The molecule has 1 unspecified atom stereocenters. The average molecular weight is 257 g/mol. The fourth-order valence-electron chi connectivity index (χ4n) is 2.33. The van der Waals surface area contributed by atoms with Crippen LogP contribution in [0.5, 0.6) is 0 Å². The summed E-state index contributed by atoms with van der Waals surface area (Å²) in [6.45, 7) is 6.86. The lowest BCUT2D eigenvalue weighted by Crippen LogP contribution is -2.19. The monoisotopic (exact) mass is 257 g/mol. The molecule has 2 aromatic carbocycles. The lowest BCUT2D eigenvalue weighted by atomic mass is 10.00. The fourth-order valence-corrected chi connectivity index (χ4v) is 2.33. The molecule has 0 saturated heterocycles. The first-order chi connectivity index (χ1) is 9.08. The summed E-state index contributed by atoms with van der Waals surface area (Å²) in [7, 11) is 0. The van der Waals surface area contributed by atoms with Crippen LogP contribution in [0.2, 0.25) is 0 Å². The van der Waals surface area contributed by atoms with Crippen molar-refractivity contribution in [3.8, 4) is 0 Å². The minimum Gasteiger partial charge on any atom is -0.306 e. The Balaban J connectivity index is 2.05. The second-order valence-corrected chi connectivity index (χ2v) is 5.05. The van der Waals surface area contributed by atoms with E-state index in [1.54, 1.807) is 6.07 Å². The van der Waals surface area contributed by atoms with E-state index in [1.165, 1.54) is 22.8 Å². The van der Waals surface area contributed by atoms with Crippen molar-refractivity contribution in [2.24, 2.45) is 0 Å². The first kappa shape index (κ1) is 13.8. The van der Waals surface area contributed by atoms with Crippen LogP contribution in [-0.4, -0.2) is 0 Å². The predicted octanol–water partition coefficient (Wildman–Crippen LogP) is 4.29. The highest BCUT2D eigenvalue weighted by Crippen LogP contribution is 2.19. The van der Waals surface area contributed by atoms with E-state index in [2.05, 4.69) is 44.3 Å². The van der Waals surface area contributed by atoms with Gasteiger partial charge in [0.1, 0.15) is 5.82 Å². The third-order valence-corrected chi connectivity index (χ3v) is 3.45. The summed E-state index contributed by atoms with van der Waals surface area (Å²) in [6, 6.07) is 13.5. The Morgan fingerprint density at radius 3 is 2.53 bits per heavy atom. The number of hydrogen-bond donors (Lipinski definition) is 1. The number of nitrogens with one attached hydrogen (secondary N) is 1. The molecule has 0 spiro atoms. The topological polar surface area (TPSA) is 12.0 Å².